The quantitative estimate of drug-likeness (QED) is 0.770. The SMILES string of the molecule is COc1cccc(C[C@]2(CO)CCCN(Cc3ccc(NC(C)=O)cc3)C2)c1. The number of anilines is 1. The van der Waals surface area contributed by atoms with E-state index in [1.54, 1.807) is 7.11 Å². The maximum Gasteiger partial charge on any atom is 0.221 e. The number of benzene rings is 2. The second kappa shape index (κ2) is 9.22. The molecule has 2 N–H and O–H groups in total. The van der Waals surface area contributed by atoms with Crippen molar-refractivity contribution in [1.82, 2.24) is 4.90 Å². The Morgan fingerprint density at radius 1 is 1.21 bits per heavy atom. The van der Waals surface area contributed by atoms with E-state index in [9.17, 15) is 9.90 Å². The molecular formula is C23H30N2O3. The van der Waals surface area contributed by atoms with Gasteiger partial charge >= 0.3 is 0 Å². The van der Waals surface area contributed by atoms with E-state index in [-0.39, 0.29) is 17.9 Å². The van der Waals surface area contributed by atoms with Gasteiger partial charge in [-0.2, -0.15) is 0 Å². The monoisotopic (exact) mass is 382 g/mol. The van der Waals surface area contributed by atoms with Crippen LogP contribution in [0.2, 0.25) is 0 Å². The van der Waals surface area contributed by atoms with Gasteiger partial charge in [-0.3, -0.25) is 9.69 Å². The third-order valence-electron chi connectivity index (χ3n) is 5.47. The van der Waals surface area contributed by atoms with E-state index in [2.05, 4.69) is 34.5 Å². The zero-order valence-electron chi connectivity index (χ0n) is 16.8. The number of hydrogen-bond donors (Lipinski definition) is 2. The molecular weight excluding hydrogens is 352 g/mol. The number of likely N-dealkylation sites (tertiary alicyclic amines) is 1. The Morgan fingerprint density at radius 3 is 2.68 bits per heavy atom. The fourth-order valence-electron chi connectivity index (χ4n) is 4.14. The van der Waals surface area contributed by atoms with Crippen LogP contribution in [-0.4, -0.2) is 42.7 Å². The summed E-state index contributed by atoms with van der Waals surface area (Å²) in [5.74, 6) is 0.798. The fraction of sp³-hybridized carbons (Fsp3) is 0.435. The first-order chi connectivity index (χ1) is 13.5. The van der Waals surface area contributed by atoms with Crippen LogP contribution in [0.15, 0.2) is 48.5 Å². The van der Waals surface area contributed by atoms with Gasteiger partial charge in [0.05, 0.1) is 13.7 Å². The minimum absolute atomic E-state index is 0.0611. The zero-order valence-corrected chi connectivity index (χ0v) is 16.8. The Bertz CT molecular complexity index is 791. The Labute approximate surface area is 167 Å². The summed E-state index contributed by atoms with van der Waals surface area (Å²) >= 11 is 0. The molecule has 1 saturated heterocycles. The molecule has 1 aliphatic heterocycles. The topological polar surface area (TPSA) is 61.8 Å². The van der Waals surface area contributed by atoms with Crippen molar-refractivity contribution < 1.29 is 14.6 Å². The molecule has 28 heavy (non-hydrogen) atoms. The van der Waals surface area contributed by atoms with Crippen LogP contribution in [0.5, 0.6) is 5.75 Å². The molecule has 0 aromatic heterocycles. The van der Waals surface area contributed by atoms with Gasteiger partial charge in [-0.25, -0.2) is 0 Å². The van der Waals surface area contributed by atoms with Gasteiger partial charge in [-0.05, 0) is 61.2 Å². The molecule has 1 aliphatic rings. The summed E-state index contributed by atoms with van der Waals surface area (Å²) in [6.07, 6.45) is 2.95. The Kier molecular flexibility index (Phi) is 6.70. The average molecular weight is 383 g/mol. The second-order valence-electron chi connectivity index (χ2n) is 7.88. The zero-order chi connectivity index (χ0) is 20.0. The first-order valence-corrected chi connectivity index (χ1v) is 9.85. The predicted molar refractivity (Wildman–Crippen MR) is 111 cm³/mol. The molecule has 5 heteroatoms. The molecule has 1 heterocycles. The number of aliphatic hydroxyl groups is 1. The number of hydrogen-bond acceptors (Lipinski definition) is 4. The number of amides is 1. The number of carbonyl (C=O) groups excluding carboxylic acids is 1. The summed E-state index contributed by atoms with van der Waals surface area (Å²) in [7, 11) is 1.68. The van der Waals surface area contributed by atoms with E-state index in [1.807, 2.05) is 24.3 Å². The van der Waals surface area contributed by atoms with Crippen molar-refractivity contribution in [3.05, 3.63) is 59.7 Å². The summed E-state index contributed by atoms with van der Waals surface area (Å²) < 4.78 is 5.35. The number of ether oxygens (including phenoxy) is 1. The summed E-state index contributed by atoms with van der Waals surface area (Å²) in [6, 6.07) is 16.1. The fourth-order valence-corrected chi connectivity index (χ4v) is 4.14. The summed E-state index contributed by atoms with van der Waals surface area (Å²) in [6.45, 7) is 4.45. The molecule has 3 rings (SSSR count). The van der Waals surface area contributed by atoms with Gasteiger partial charge in [0.15, 0.2) is 0 Å². The van der Waals surface area contributed by atoms with Crippen LogP contribution in [0.3, 0.4) is 0 Å². The number of rotatable bonds is 7. The van der Waals surface area contributed by atoms with E-state index in [0.717, 1.165) is 50.3 Å². The molecule has 150 valence electrons. The molecule has 0 bridgehead atoms. The van der Waals surface area contributed by atoms with Crippen LogP contribution in [0.4, 0.5) is 5.69 Å². The molecule has 5 nitrogen and oxygen atoms in total. The molecule has 2 aromatic carbocycles. The Hall–Kier alpha value is -2.37. The van der Waals surface area contributed by atoms with E-state index >= 15 is 0 Å². The van der Waals surface area contributed by atoms with Gasteiger partial charge in [0.25, 0.3) is 0 Å². The Balaban J connectivity index is 1.66. The van der Waals surface area contributed by atoms with Crippen LogP contribution in [0.25, 0.3) is 0 Å². The minimum atomic E-state index is -0.124. The largest absolute Gasteiger partial charge is 0.497 e. The van der Waals surface area contributed by atoms with Crippen LogP contribution >= 0.6 is 0 Å². The second-order valence-corrected chi connectivity index (χ2v) is 7.88. The number of piperidine rings is 1. The highest BCUT2D eigenvalue weighted by atomic mass is 16.5. The van der Waals surface area contributed by atoms with Crippen molar-refractivity contribution in [3.8, 4) is 5.75 Å². The standard InChI is InChI=1S/C23H30N2O3/c1-18(27)24-21-9-7-19(8-10-21)15-25-12-4-11-23(16-25,17-26)14-20-5-3-6-22(13-20)28-2/h3,5-10,13,26H,4,11-12,14-17H2,1-2H3,(H,24,27)/t23-/m1/s1. The smallest absolute Gasteiger partial charge is 0.221 e. The van der Waals surface area contributed by atoms with Crippen molar-refractivity contribution in [2.75, 3.05) is 32.1 Å². The minimum Gasteiger partial charge on any atom is -0.497 e. The van der Waals surface area contributed by atoms with Crippen LogP contribution < -0.4 is 10.1 Å². The average Bonchev–Trinajstić information content (AvgIpc) is 2.69. The van der Waals surface area contributed by atoms with Crippen molar-refractivity contribution >= 4 is 11.6 Å². The maximum absolute atomic E-state index is 11.2. The number of nitrogens with zero attached hydrogens (tertiary/aromatic N) is 1. The van der Waals surface area contributed by atoms with Gasteiger partial charge in [-0.15, -0.1) is 0 Å². The van der Waals surface area contributed by atoms with Gasteiger partial charge in [0.2, 0.25) is 5.91 Å². The number of methoxy groups -OCH3 is 1. The van der Waals surface area contributed by atoms with Gasteiger partial charge < -0.3 is 15.2 Å². The lowest BCUT2D eigenvalue weighted by molar-refractivity contribution is -0.114. The highest BCUT2D eigenvalue weighted by Crippen LogP contribution is 2.34. The van der Waals surface area contributed by atoms with Crippen LogP contribution in [0, 0.1) is 5.41 Å². The van der Waals surface area contributed by atoms with Crippen molar-refractivity contribution in [2.45, 2.75) is 32.7 Å². The van der Waals surface area contributed by atoms with Gasteiger partial charge in [0.1, 0.15) is 5.75 Å². The molecule has 0 unspecified atom stereocenters. The lowest BCUT2D eigenvalue weighted by atomic mass is 9.75. The van der Waals surface area contributed by atoms with E-state index in [4.69, 9.17) is 4.74 Å². The number of nitrogens with one attached hydrogen (secondary N) is 1. The van der Waals surface area contributed by atoms with E-state index in [0.29, 0.717) is 0 Å². The lowest BCUT2D eigenvalue weighted by Crippen LogP contribution is -2.46. The molecule has 0 saturated carbocycles. The first-order valence-electron chi connectivity index (χ1n) is 9.85. The summed E-state index contributed by atoms with van der Waals surface area (Å²) in [5.41, 5.74) is 3.11. The third kappa shape index (κ3) is 5.33. The number of aliphatic hydroxyl groups excluding tert-OH is 1. The molecule has 0 aliphatic carbocycles. The normalized spacial score (nSPS) is 20.0. The third-order valence-corrected chi connectivity index (χ3v) is 5.47. The molecule has 1 fully saturated rings. The highest BCUT2D eigenvalue weighted by Gasteiger charge is 2.35. The van der Waals surface area contributed by atoms with E-state index in [1.165, 1.54) is 18.1 Å². The molecule has 0 spiro atoms. The highest BCUT2D eigenvalue weighted by molar-refractivity contribution is 5.88. The summed E-state index contributed by atoms with van der Waals surface area (Å²) in [4.78, 5) is 13.6. The Morgan fingerprint density at radius 2 is 2.00 bits per heavy atom. The molecule has 0 radical (unpaired) electrons. The molecule has 1 amide bonds. The maximum atomic E-state index is 11.2. The van der Waals surface area contributed by atoms with E-state index < -0.39 is 0 Å². The van der Waals surface area contributed by atoms with Crippen LogP contribution in [-0.2, 0) is 17.8 Å². The van der Waals surface area contributed by atoms with Gasteiger partial charge in [-0.1, -0.05) is 24.3 Å². The van der Waals surface area contributed by atoms with Gasteiger partial charge in [0, 0.05) is 31.1 Å². The molecule has 2 aromatic rings. The van der Waals surface area contributed by atoms with Crippen molar-refractivity contribution in [1.29, 1.82) is 0 Å². The molecule has 1 atom stereocenters. The van der Waals surface area contributed by atoms with Crippen molar-refractivity contribution in [3.63, 3.8) is 0 Å². The van der Waals surface area contributed by atoms with Crippen molar-refractivity contribution in [2.24, 2.45) is 5.41 Å². The first kappa shape index (κ1) is 20.4. The summed E-state index contributed by atoms with van der Waals surface area (Å²) in [5, 5.41) is 13.0. The number of carbonyl (C=O) groups is 1. The lowest BCUT2D eigenvalue weighted by Gasteiger charge is -2.42. The predicted octanol–water partition coefficient (Wildman–Crippen LogP) is 3.47. The van der Waals surface area contributed by atoms with Crippen LogP contribution in [0.1, 0.15) is 30.9 Å².